The maximum Gasteiger partial charge on any atom is 0.323 e. The van der Waals surface area contributed by atoms with Crippen molar-refractivity contribution >= 4 is 51.4 Å². The van der Waals surface area contributed by atoms with Gasteiger partial charge in [-0.05, 0) is 66.1 Å². The van der Waals surface area contributed by atoms with Gasteiger partial charge in [-0.15, -0.1) is 0 Å². The molecule has 4 aromatic carbocycles. The highest BCUT2D eigenvalue weighted by molar-refractivity contribution is 6.13. The average molecular weight is 465 g/mol. The Morgan fingerprint density at radius 1 is 0.600 bits per heavy atom. The van der Waals surface area contributed by atoms with Crippen LogP contribution in [0.3, 0.4) is 0 Å². The van der Waals surface area contributed by atoms with Crippen molar-refractivity contribution in [3.8, 4) is 0 Å². The number of urea groups is 1. The summed E-state index contributed by atoms with van der Waals surface area (Å²) >= 11 is 0. The molecule has 0 aliphatic heterocycles. The Bertz CT molecular complexity index is 1410. The molecule has 0 unspecified atom stereocenters. The number of carbonyl (C=O) groups excluding carboxylic acids is 3. The van der Waals surface area contributed by atoms with E-state index in [0.29, 0.717) is 28.3 Å². The maximum absolute atomic E-state index is 13.3. The van der Waals surface area contributed by atoms with Crippen LogP contribution in [0.4, 0.5) is 27.5 Å². The Hall–Kier alpha value is -4.65. The van der Waals surface area contributed by atoms with Crippen molar-refractivity contribution in [3.63, 3.8) is 0 Å². The number of fused-ring (bicyclic) bond motifs is 1. The number of para-hydroxylation sites is 1. The van der Waals surface area contributed by atoms with E-state index in [1.165, 1.54) is 0 Å². The Balaban J connectivity index is 1.34. The summed E-state index contributed by atoms with van der Waals surface area (Å²) in [5.41, 5.74) is 2.57. The van der Waals surface area contributed by atoms with Gasteiger partial charge in [0.1, 0.15) is 0 Å². The van der Waals surface area contributed by atoms with Gasteiger partial charge in [0, 0.05) is 23.0 Å². The number of benzene rings is 4. The molecule has 0 spiro atoms. The zero-order valence-electron chi connectivity index (χ0n) is 18.9. The molecule has 0 radical (unpaired) electrons. The Morgan fingerprint density at radius 2 is 1.20 bits per heavy atom. The molecule has 0 aromatic heterocycles. The van der Waals surface area contributed by atoms with E-state index in [2.05, 4.69) is 21.3 Å². The predicted octanol–water partition coefficient (Wildman–Crippen LogP) is 6.08. The molecule has 5 rings (SSSR count). The third-order valence-electron chi connectivity index (χ3n) is 5.75. The van der Waals surface area contributed by atoms with E-state index in [0.717, 1.165) is 23.6 Å². The molecule has 4 aromatic rings. The second-order valence-corrected chi connectivity index (χ2v) is 8.49. The van der Waals surface area contributed by atoms with Crippen molar-refractivity contribution in [2.24, 2.45) is 5.92 Å². The smallest absolute Gasteiger partial charge is 0.323 e. The molecule has 7 nitrogen and oxygen atoms in total. The monoisotopic (exact) mass is 464 g/mol. The minimum absolute atomic E-state index is 0.0159. The molecular formula is C28H24N4O3. The molecule has 0 saturated heterocycles. The number of hydrogen-bond donors (Lipinski definition) is 4. The lowest BCUT2D eigenvalue weighted by Gasteiger charge is -2.14. The van der Waals surface area contributed by atoms with Crippen molar-refractivity contribution in [2.75, 3.05) is 21.3 Å². The van der Waals surface area contributed by atoms with Crippen LogP contribution in [0.1, 0.15) is 23.2 Å². The summed E-state index contributed by atoms with van der Waals surface area (Å²) in [4.78, 5) is 38.0. The molecule has 1 saturated carbocycles. The molecule has 1 aliphatic rings. The Morgan fingerprint density at radius 3 is 1.91 bits per heavy atom. The molecular weight excluding hydrogens is 440 g/mol. The van der Waals surface area contributed by atoms with Gasteiger partial charge in [0.25, 0.3) is 5.91 Å². The van der Waals surface area contributed by atoms with Gasteiger partial charge in [0.15, 0.2) is 0 Å². The Kier molecular flexibility index (Phi) is 6.13. The molecule has 0 bridgehead atoms. The second-order valence-electron chi connectivity index (χ2n) is 8.49. The van der Waals surface area contributed by atoms with Gasteiger partial charge in [0.2, 0.25) is 5.91 Å². The third kappa shape index (κ3) is 5.47. The molecule has 1 fully saturated rings. The molecule has 0 atom stereocenters. The first-order valence-electron chi connectivity index (χ1n) is 11.4. The van der Waals surface area contributed by atoms with Gasteiger partial charge in [-0.2, -0.15) is 0 Å². The average Bonchev–Trinajstić information content (AvgIpc) is 3.70. The molecule has 0 heterocycles. The lowest BCUT2D eigenvalue weighted by Crippen LogP contribution is -2.20. The van der Waals surface area contributed by atoms with Crippen LogP contribution in [-0.2, 0) is 4.79 Å². The van der Waals surface area contributed by atoms with Gasteiger partial charge in [-0.25, -0.2) is 4.79 Å². The lowest BCUT2D eigenvalue weighted by molar-refractivity contribution is -0.117. The minimum Gasteiger partial charge on any atom is -0.325 e. The van der Waals surface area contributed by atoms with E-state index in [1.54, 1.807) is 42.5 Å². The van der Waals surface area contributed by atoms with Crippen molar-refractivity contribution in [3.05, 3.63) is 96.6 Å². The van der Waals surface area contributed by atoms with Gasteiger partial charge >= 0.3 is 6.03 Å². The second kappa shape index (κ2) is 9.69. The van der Waals surface area contributed by atoms with E-state index >= 15 is 0 Å². The van der Waals surface area contributed by atoms with Crippen LogP contribution < -0.4 is 21.3 Å². The fourth-order valence-corrected chi connectivity index (χ4v) is 3.80. The largest absolute Gasteiger partial charge is 0.325 e. The number of carbonyl (C=O) groups is 3. The van der Waals surface area contributed by atoms with Crippen LogP contribution in [0.5, 0.6) is 0 Å². The van der Waals surface area contributed by atoms with E-state index in [-0.39, 0.29) is 23.8 Å². The summed E-state index contributed by atoms with van der Waals surface area (Å²) in [5.74, 6) is -0.403. The van der Waals surface area contributed by atoms with Gasteiger partial charge in [-0.1, -0.05) is 48.5 Å². The zero-order chi connectivity index (χ0) is 24.2. The Labute approximate surface area is 202 Å². The van der Waals surface area contributed by atoms with Gasteiger partial charge in [-0.3, -0.25) is 9.59 Å². The van der Waals surface area contributed by atoms with Crippen LogP contribution in [0.15, 0.2) is 91.0 Å². The fraction of sp³-hybridized carbons (Fsp3) is 0.107. The summed E-state index contributed by atoms with van der Waals surface area (Å²) in [5, 5.41) is 13.2. The van der Waals surface area contributed by atoms with Crippen LogP contribution in [0, 0.1) is 5.92 Å². The SMILES string of the molecule is O=C(Nc1ccccc1)Nc1cccc(NC(=O)c2cc3ccccc3cc2NC(=O)C2CC2)c1. The lowest BCUT2D eigenvalue weighted by atomic mass is 10.0. The summed E-state index contributed by atoms with van der Waals surface area (Å²) < 4.78 is 0. The van der Waals surface area contributed by atoms with Crippen molar-refractivity contribution in [1.82, 2.24) is 0 Å². The highest BCUT2D eigenvalue weighted by Crippen LogP contribution is 2.32. The molecule has 1 aliphatic carbocycles. The summed E-state index contributed by atoms with van der Waals surface area (Å²) in [6.45, 7) is 0. The van der Waals surface area contributed by atoms with Gasteiger partial charge in [0.05, 0.1) is 11.3 Å². The number of nitrogens with one attached hydrogen (secondary N) is 4. The minimum atomic E-state index is -0.390. The van der Waals surface area contributed by atoms with Crippen LogP contribution in [-0.4, -0.2) is 17.8 Å². The summed E-state index contributed by atoms with van der Waals surface area (Å²) in [6.07, 6.45) is 1.75. The molecule has 174 valence electrons. The first-order chi connectivity index (χ1) is 17.0. The van der Waals surface area contributed by atoms with Crippen LogP contribution in [0.25, 0.3) is 10.8 Å². The van der Waals surface area contributed by atoms with E-state index in [4.69, 9.17) is 0 Å². The first kappa shape index (κ1) is 22.2. The van der Waals surface area contributed by atoms with E-state index in [1.807, 2.05) is 48.5 Å². The molecule has 35 heavy (non-hydrogen) atoms. The highest BCUT2D eigenvalue weighted by atomic mass is 16.2. The van der Waals surface area contributed by atoms with Crippen molar-refractivity contribution in [2.45, 2.75) is 12.8 Å². The number of anilines is 4. The quantitative estimate of drug-likeness (QED) is 0.278. The maximum atomic E-state index is 13.3. The highest BCUT2D eigenvalue weighted by Gasteiger charge is 2.30. The number of rotatable bonds is 6. The molecule has 4 N–H and O–H groups in total. The van der Waals surface area contributed by atoms with Crippen LogP contribution in [0.2, 0.25) is 0 Å². The molecule has 7 heteroatoms. The van der Waals surface area contributed by atoms with Crippen molar-refractivity contribution < 1.29 is 14.4 Å². The molecule has 4 amide bonds. The fourth-order valence-electron chi connectivity index (χ4n) is 3.80. The number of hydrogen-bond acceptors (Lipinski definition) is 3. The summed E-state index contributed by atoms with van der Waals surface area (Å²) in [7, 11) is 0. The standard InChI is InChI=1S/C28H24N4O3/c33-26(18-13-14-18)32-25-16-20-8-5-4-7-19(20)15-24(25)27(34)29-22-11-6-12-23(17-22)31-28(35)30-21-9-2-1-3-10-21/h1-12,15-18H,13-14H2,(H,29,34)(H,32,33)(H2,30,31,35). The number of amides is 4. The van der Waals surface area contributed by atoms with Crippen LogP contribution >= 0.6 is 0 Å². The normalized spacial score (nSPS) is 12.6. The van der Waals surface area contributed by atoms with E-state index in [9.17, 15) is 14.4 Å². The third-order valence-corrected chi connectivity index (χ3v) is 5.75. The zero-order valence-corrected chi connectivity index (χ0v) is 18.9. The van der Waals surface area contributed by atoms with Crippen molar-refractivity contribution in [1.29, 1.82) is 0 Å². The first-order valence-corrected chi connectivity index (χ1v) is 11.4. The topological polar surface area (TPSA) is 99.3 Å². The van der Waals surface area contributed by atoms with E-state index < -0.39 is 0 Å². The van der Waals surface area contributed by atoms with Gasteiger partial charge < -0.3 is 21.3 Å². The summed E-state index contributed by atoms with van der Waals surface area (Å²) in [6, 6.07) is 26.9. The predicted molar refractivity (Wildman–Crippen MR) is 139 cm³/mol.